The van der Waals surface area contributed by atoms with Gasteiger partial charge in [0, 0.05) is 13.0 Å². The Morgan fingerprint density at radius 3 is 2.75 bits per heavy atom. The zero-order valence-electron chi connectivity index (χ0n) is 7.64. The summed E-state index contributed by atoms with van der Waals surface area (Å²) in [4.78, 5) is 11.2. The molecule has 12 heavy (non-hydrogen) atoms. The van der Waals surface area contributed by atoms with Gasteiger partial charge in [0.2, 0.25) is 5.91 Å². The average molecular weight is 187 g/mol. The molecular weight excluding hydrogens is 170 g/mol. The molecule has 0 aromatic rings. The summed E-state index contributed by atoms with van der Waals surface area (Å²) >= 11 is 2.01. The summed E-state index contributed by atoms with van der Waals surface area (Å²) in [5, 5.41) is 2.85. The van der Waals surface area contributed by atoms with Crippen LogP contribution >= 0.6 is 11.8 Å². The number of hydrogen-bond acceptors (Lipinski definition) is 2. The van der Waals surface area contributed by atoms with Crippen LogP contribution in [0.15, 0.2) is 0 Å². The molecule has 1 heterocycles. The minimum atomic E-state index is 0.231. The van der Waals surface area contributed by atoms with Crippen LogP contribution in [0.25, 0.3) is 0 Å². The minimum absolute atomic E-state index is 0.231. The fraction of sp³-hybridized carbons (Fsp3) is 0.889. The maximum absolute atomic E-state index is 11.2. The van der Waals surface area contributed by atoms with E-state index in [4.69, 9.17) is 0 Å². The van der Waals surface area contributed by atoms with Crippen molar-refractivity contribution in [3.05, 3.63) is 0 Å². The molecule has 0 saturated carbocycles. The van der Waals surface area contributed by atoms with E-state index in [1.807, 2.05) is 18.7 Å². The first-order valence-corrected chi connectivity index (χ1v) is 5.83. The van der Waals surface area contributed by atoms with Crippen LogP contribution in [0.2, 0.25) is 0 Å². The predicted octanol–water partition coefficient (Wildman–Crippen LogP) is 1.66. The van der Waals surface area contributed by atoms with Gasteiger partial charge in [-0.3, -0.25) is 4.79 Å². The van der Waals surface area contributed by atoms with Gasteiger partial charge in [-0.2, -0.15) is 11.8 Å². The van der Waals surface area contributed by atoms with E-state index in [1.165, 1.54) is 24.3 Å². The smallest absolute Gasteiger partial charge is 0.220 e. The van der Waals surface area contributed by atoms with E-state index in [0.717, 1.165) is 13.0 Å². The predicted molar refractivity (Wildman–Crippen MR) is 53.3 cm³/mol. The Kier molecular flexibility index (Phi) is 4.51. The molecule has 3 heteroatoms. The van der Waals surface area contributed by atoms with E-state index < -0.39 is 0 Å². The second kappa shape index (κ2) is 5.46. The molecule has 1 amide bonds. The van der Waals surface area contributed by atoms with Crippen molar-refractivity contribution in [1.82, 2.24) is 5.32 Å². The van der Waals surface area contributed by atoms with E-state index in [0.29, 0.717) is 5.92 Å². The number of hydrogen-bond donors (Lipinski definition) is 1. The Hall–Kier alpha value is -0.180. The van der Waals surface area contributed by atoms with Gasteiger partial charge in [-0.15, -0.1) is 0 Å². The number of thioether (sulfide) groups is 1. The van der Waals surface area contributed by atoms with Crippen LogP contribution in [0.1, 0.15) is 26.2 Å². The van der Waals surface area contributed by atoms with Crippen molar-refractivity contribution < 1.29 is 4.79 Å². The number of carbonyl (C=O) groups is 1. The highest BCUT2D eigenvalue weighted by Gasteiger charge is 2.16. The summed E-state index contributed by atoms with van der Waals surface area (Å²) in [5.41, 5.74) is 0. The largest absolute Gasteiger partial charge is 0.356 e. The molecule has 1 fully saturated rings. The third-order valence-corrected chi connectivity index (χ3v) is 3.24. The zero-order chi connectivity index (χ0) is 8.81. The van der Waals surface area contributed by atoms with Crippen molar-refractivity contribution >= 4 is 17.7 Å². The molecule has 0 aromatic heterocycles. The van der Waals surface area contributed by atoms with Gasteiger partial charge >= 0.3 is 0 Å². The van der Waals surface area contributed by atoms with Crippen LogP contribution in [0.5, 0.6) is 0 Å². The maximum atomic E-state index is 11.2. The molecule has 1 rings (SSSR count). The highest BCUT2D eigenvalue weighted by molar-refractivity contribution is 7.99. The van der Waals surface area contributed by atoms with Crippen molar-refractivity contribution in [2.75, 3.05) is 18.1 Å². The lowest BCUT2D eigenvalue weighted by molar-refractivity contribution is -0.121. The minimum Gasteiger partial charge on any atom is -0.356 e. The number of carbonyl (C=O) groups excluding carboxylic acids is 1. The summed E-state index contributed by atoms with van der Waals surface area (Å²) in [7, 11) is 0. The van der Waals surface area contributed by atoms with Crippen LogP contribution < -0.4 is 5.32 Å². The summed E-state index contributed by atoms with van der Waals surface area (Å²) < 4.78 is 0. The van der Waals surface area contributed by atoms with E-state index in [-0.39, 0.29) is 5.91 Å². The van der Waals surface area contributed by atoms with Gasteiger partial charge in [0.05, 0.1) is 0 Å². The van der Waals surface area contributed by atoms with E-state index in [9.17, 15) is 4.79 Å². The molecule has 0 spiro atoms. The second-order valence-electron chi connectivity index (χ2n) is 3.21. The molecule has 0 atom stereocenters. The molecular formula is C9H17NOS. The molecule has 1 aliphatic rings. The van der Waals surface area contributed by atoms with Crippen molar-refractivity contribution in [3.8, 4) is 0 Å². The van der Waals surface area contributed by atoms with Gasteiger partial charge in [0.1, 0.15) is 0 Å². The Bertz CT molecular complexity index is 143. The second-order valence-corrected chi connectivity index (χ2v) is 4.44. The van der Waals surface area contributed by atoms with Gasteiger partial charge in [0.15, 0.2) is 0 Å². The van der Waals surface area contributed by atoms with Crippen LogP contribution in [-0.4, -0.2) is 24.0 Å². The molecule has 0 aliphatic carbocycles. The summed E-state index contributed by atoms with van der Waals surface area (Å²) in [6.07, 6.45) is 3.19. The van der Waals surface area contributed by atoms with E-state index in [1.54, 1.807) is 0 Å². The van der Waals surface area contributed by atoms with Gasteiger partial charge < -0.3 is 5.32 Å². The average Bonchev–Trinajstić information content (AvgIpc) is 2.06. The van der Waals surface area contributed by atoms with Crippen molar-refractivity contribution in [1.29, 1.82) is 0 Å². The standard InChI is InChI=1S/C9H17NOS/c1-2-10-9(11)7-8-3-5-12-6-4-8/h8H,2-7H2,1H3,(H,10,11). The van der Waals surface area contributed by atoms with E-state index >= 15 is 0 Å². The third kappa shape index (κ3) is 3.48. The molecule has 1 aliphatic heterocycles. The Balaban J connectivity index is 2.15. The molecule has 2 nitrogen and oxygen atoms in total. The van der Waals surface area contributed by atoms with Gasteiger partial charge in [-0.05, 0) is 37.2 Å². The van der Waals surface area contributed by atoms with Gasteiger partial charge in [0.25, 0.3) is 0 Å². The quantitative estimate of drug-likeness (QED) is 0.728. The molecule has 1 N–H and O–H groups in total. The lowest BCUT2D eigenvalue weighted by Crippen LogP contribution is -2.26. The first-order valence-electron chi connectivity index (χ1n) is 4.67. The Labute approximate surface area is 78.5 Å². The number of amides is 1. The molecule has 0 unspecified atom stereocenters. The molecule has 1 saturated heterocycles. The van der Waals surface area contributed by atoms with Crippen LogP contribution in [0.4, 0.5) is 0 Å². The zero-order valence-corrected chi connectivity index (χ0v) is 8.45. The fourth-order valence-electron chi connectivity index (χ4n) is 1.48. The monoisotopic (exact) mass is 187 g/mol. The van der Waals surface area contributed by atoms with Crippen molar-refractivity contribution in [2.45, 2.75) is 26.2 Å². The van der Waals surface area contributed by atoms with Gasteiger partial charge in [-0.1, -0.05) is 0 Å². The summed E-state index contributed by atoms with van der Waals surface area (Å²) in [5.74, 6) is 3.36. The molecule has 0 bridgehead atoms. The first kappa shape index (κ1) is 9.90. The van der Waals surface area contributed by atoms with Crippen molar-refractivity contribution in [2.24, 2.45) is 5.92 Å². The number of rotatable bonds is 3. The SMILES string of the molecule is CCNC(=O)CC1CCSCC1. The van der Waals surface area contributed by atoms with Crippen LogP contribution in [0.3, 0.4) is 0 Å². The van der Waals surface area contributed by atoms with Gasteiger partial charge in [-0.25, -0.2) is 0 Å². The lowest BCUT2D eigenvalue weighted by atomic mass is 9.98. The maximum Gasteiger partial charge on any atom is 0.220 e. The number of nitrogens with one attached hydrogen (secondary N) is 1. The lowest BCUT2D eigenvalue weighted by Gasteiger charge is -2.20. The first-order chi connectivity index (χ1) is 5.83. The molecule has 0 aromatic carbocycles. The van der Waals surface area contributed by atoms with E-state index in [2.05, 4.69) is 5.32 Å². The highest BCUT2D eigenvalue weighted by Crippen LogP contribution is 2.24. The third-order valence-electron chi connectivity index (χ3n) is 2.19. The molecule has 70 valence electrons. The summed E-state index contributed by atoms with van der Waals surface area (Å²) in [6.45, 7) is 2.73. The normalized spacial score (nSPS) is 19.1. The van der Waals surface area contributed by atoms with Crippen LogP contribution in [-0.2, 0) is 4.79 Å². The fourth-order valence-corrected chi connectivity index (χ4v) is 2.69. The topological polar surface area (TPSA) is 29.1 Å². The highest BCUT2D eigenvalue weighted by atomic mass is 32.2. The summed E-state index contributed by atoms with van der Waals surface area (Å²) in [6, 6.07) is 0. The van der Waals surface area contributed by atoms with Crippen LogP contribution in [0, 0.1) is 5.92 Å². The van der Waals surface area contributed by atoms with Crippen molar-refractivity contribution in [3.63, 3.8) is 0 Å². The molecule has 0 radical (unpaired) electrons. The Morgan fingerprint density at radius 1 is 1.50 bits per heavy atom. The Morgan fingerprint density at radius 2 is 2.17 bits per heavy atom.